The van der Waals surface area contributed by atoms with E-state index in [1.165, 1.54) is 18.4 Å². The first-order chi connectivity index (χ1) is 18.4. The van der Waals surface area contributed by atoms with Crippen LogP contribution in [-0.4, -0.2) is 36.9 Å². The first-order valence-corrected chi connectivity index (χ1v) is 13.9. The van der Waals surface area contributed by atoms with Crippen molar-refractivity contribution in [1.29, 1.82) is 0 Å². The van der Waals surface area contributed by atoms with E-state index in [0.717, 1.165) is 49.2 Å². The Bertz CT molecular complexity index is 1410. The average Bonchev–Trinajstić information content (AvgIpc) is 3.53. The molecule has 210 valence electrons. The molecule has 4 aromatic rings. The fraction of sp³-hybridized carbons (Fsp3) is 0.280. The van der Waals surface area contributed by atoms with Crippen molar-refractivity contribution < 1.29 is 33.7 Å². The molecule has 14 heteroatoms. The van der Waals surface area contributed by atoms with Crippen molar-refractivity contribution >= 4 is 22.4 Å². The highest BCUT2D eigenvalue weighted by Gasteiger charge is 2.65. The van der Waals surface area contributed by atoms with Gasteiger partial charge in [-0.15, -0.1) is 5.10 Å². The molecule has 0 radical (unpaired) electrons. The molecule has 39 heavy (non-hydrogen) atoms. The summed E-state index contributed by atoms with van der Waals surface area (Å²) in [6.45, 7) is 0.505. The van der Waals surface area contributed by atoms with Crippen LogP contribution in [0.5, 0.6) is 5.75 Å². The van der Waals surface area contributed by atoms with Crippen LogP contribution in [0.4, 0.5) is 19.4 Å². The van der Waals surface area contributed by atoms with Crippen molar-refractivity contribution in [2.24, 2.45) is 0 Å². The fourth-order valence-corrected chi connectivity index (χ4v) is 4.31. The van der Waals surface area contributed by atoms with Gasteiger partial charge in [0.15, 0.2) is 5.82 Å². The fourth-order valence-electron chi connectivity index (χ4n) is 3.66. The highest BCUT2D eigenvalue weighted by Crippen LogP contribution is 3.02. The average molecular weight is 572 g/mol. The first-order valence-electron chi connectivity index (χ1n) is 11.9. The number of hydrogen-bond acceptors (Lipinski definition) is 7. The van der Waals surface area contributed by atoms with Gasteiger partial charge in [-0.3, -0.25) is 0 Å². The number of aliphatic hydroxyl groups is 1. The van der Waals surface area contributed by atoms with E-state index in [1.54, 1.807) is 4.68 Å². The van der Waals surface area contributed by atoms with E-state index in [9.17, 15) is 19.4 Å². The number of hydrogen-bond donors (Lipinski definition) is 1. The smallest absolute Gasteiger partial charge is 0.310 e. The third kappa shape index (κ3) is 8.35. The van der Waals surface area contributed by atoms with E-state index >= 15 is 0 Å². The van der Waals surface area contributed by atoms with E-state index < -0.39 is 15.1 Å². The summed E-state index contributed by atoms with van der Waals surface area (Å²) < 4.78 is 76.7. The number of oxazole rings is 1. The van der Waals surface area contributed by atoms with E-state index in [2.05, 4.69) is 20.5 Å². The summed E-state index contributed by atoms with van der Waals surface area (Å²) in [7, 11) is -9.69. The Hall–Kier alpha value is -3.78. The van der Waals surface area contributed by atoms with Crippen molar-refractivity contribution in [3.8, 4) is 5.75 Å². The van der Waals surface area contributed by atoms with Crippen molar-refractivity contribution in [2.45, 2.75) is 43.7 Å². The van der Waals surface area contributed by atoms with E-state index in [4.69, 9.17) is 14.3 Å². The van der Waals surface area contributed by atoms with Gasteiger partial charge in [0.2, 0.25) is 5.89 Å². The summed E-state index contributed by atoms with van der Waals surface area (Å²) >= 11 is 0. The third-order valence-electron chi connectivity index (χ3n) is 5.66. The Balaban J connectivity index is 1.21. The number of aromatic nitrogens is 5. The molecule has 1 N–H and O–H groups in total. The molecule has 2 heterocycles. The Morgan fingerprint density at radius 2 is 1.64 bits per heavy atom. The number of aliphatic hydroxyl groups excluding tert-OH is 1. The van der Waals surface area contributed by atoms with Gasteiger partial charge in [-0.1, -0.05) is 43.7 Å². The summed E-state index contributed by atoms with van der Waals surface area (Å²) in [4.78, 5) is 2.28. The molecule has 2 aromatic heterocycles. The quantitative estimate of drug-likeness (QED) is 0.142. The lowest BCUT2D eigenvalue weighted by molar-refractivity contribution is 0.265. The van der Waals surface area contributed by atoms with E-state index in [1.807, 2.05) is 24.3 Å². The van der Waals surface area contributed by atoms with Crippen molar-refractivity contribution in [1.82, 2.24) is 25.2 Å². The maximum atomic E-state index is 12.8. The molecule has 0 aliphatic rings. The van der Waals surface area contributed by atoms with Gasteiger partial charge in [-0.2, -0.15) is 0 Å². The Labute approximate surface area is 220 Å². The summed E-state index contributed by atoms with van der Waals surface area (Å²) in [6, 6.07) is 10.3. The van der Waals surface area contributed by atoms with Gasteiger partial charge in [0.25, 0.3) is 0 Å². The van der Waals surface area contributed by atoms with Crippen LogP contribution >= 0.6 is 10.2 Å². The second-order valence-electron chi connectivity index (χ2n) is 8.73. The van der Waals surface area contributed by atoms with Crippen molar-refractivity contribution in [3.05, 3.63) is 83.3 Å². The van der Waals surface area contributed by atoms with Gasteiger partial charge in [0.1, 0.15) is 29.2 Å². The molecular weight excluding hydrogens is 545 g/mol. The summed E-state index contributed by atoms with van der Waals surface area (Å²) in [5, 5.41) is 20.5. The van der Waals surface area contributed by atoms with Gasteiger partial charge >= 0.3 is 10.2 Å². The topological polar surface area (TPSA) is 99.1 Å². The minimum absolute atomic E-state index is 0.0125. The zero-order valence-electron chi connectivity index (χ0n) is 20.6. The minimum Gasteiger partial charge on any atom is -0.487 e. The number of unbranched alkanes of at least 4 members (excludes halogenated alkanes) is 1. The summed E-state index contributed by atoms with van der Waals surface area (Å²) in [5.74, 6) is 1.59. The first kappa shape index (κ1) is 28.2. The molecule has 0 saturated heterocycles. The van der Waals surface area contributed by atoms with Crippen LogP contribution in [0.1, 0.15) is 41.4 Å². The van der Waals surface area contributed by atoms with Crippen LogP contribution in [0.3, 0.4) is 0 Å². The van der Waals surface area contributed by atoms with Crippen LogP contribution in [0.15, 0.2) is 64.1 Å². The monoisotopic (exact) mass is 571 g/mol. The zero-order chi connectivity index (χ0) is 28.0. The molecule has 0 atom stereocenters. The molecular formula is C25H26F5N5O3S. The lowest BCUT2D eigenvalue weighted by Gasteiger charge is -2.40. The molecule has 0 unspecified atom stereocenters. The van der Waals surface area contributed by atoms with Crippen LogP contribution in [0.25, 0.3) is 12.2 Å². The van der Waals surface area contributed by atoms with E-state index in [-0.39, 0.29) is 24.7 Å². The highest BCUT2D eigenvalue weighted by atomic mass is 32.5. The summed E-state index contributed by atoms with van der Waals surface area (Å²) in [5.41, 5.74) is 1.93. The number of benzene rings is 2. The molecule has 2 aromatic carbocycles. The largest absolute Gasteiger partial charge is 0.487 e. The highest BCUT2D eigenvalue weighted by molar-refractivity contribution is 8.45. The predicted octanol–water partition coefficient (Wildman–Crippen LogP) is 6.63. The molecule has 4 rings (SSSR count). The molecule has 0 spiro atoms. The zero-order valence-corrected chi connectivity index (χ0v) is 21.4. The second-order valence-corrected chi connectivity index (χ2v) is 11.1. The van der Waals surface area contributed by atoms with Crippen LogP contribution < -0.4 is 4.74 Å². The van der Waals surface area contributed by atoms with Crippen LogP contribution in [-0.2, 0) is 26.0 Å². The number of ether oxygens (including phenoxy) is 1. The maximum absolute atomic E-state index is 12.8. The summed E-state index contributed by atoms with van der Waals surface area (Å²) in [6.07, 6.45) is 7.67. The SMILES string of the molecule is OCCn1nnnc1CCCCc1ccc(OCc2coc(C=Cc3ccc(S(F)(F)(F)(F)F)cc3)n2)cc1. The number of tetrazole rings is 1. The number of aryl methyl sites for hydroxylation is 2. The molecule has 0 amide bonds. The van der Waals surface area contributed by atoms with Gasteiger partial charge < -0.3 is 14.3 Å². The number of halogens is 5. The molecule has 0 fully saturated rings. The molecule has 0 aliphatic carbocycles. The molecule has 0 saturated carbocycles. The minimum atomic E-state index is -9.69. The standard InChI is InChI=1S/C25H26F5N5O3S/c26-39(27,28,29,30)23-12-7-20(8-13-23)9-14-25-31-21(18-38-25)17-37-22-10-5-19(6-11-22)3-1-2-4-24-32-33-34-35(24)15-16-36/h5-14,18,36H,1-4,15-17H2. The number of rotatable bonds is 13. The van der Waals surface area contributed by atoms with Crippen molar-refractivity contribution in [2.75, 3.05) is 6.61 Å². The lowest BCUT2D eigenvalue weighted by atomic mass is 10.1. The lowest BCUT2D eigenvalue weighted by Crippen LogP contribution is -2.09. The van der Waals surface area contributed by atoms with Gasteiger partial charge in [0, 0.05) is 12.5 Å². The normalized spacial score (nSPS) is 13.9. The second kappa shape index (κ2) is 10.8. The van der Waals surface area contributed by atoms with Gasteiger partial charge in [-0.25, -0.2) is 9.67 Å². The molecule has 0 bridgehead atoms. The Morgan fingerprint density at radius 1 is 0.923 bits per heavy atom. The Kier molecular flexibility index (Phi) is 7.80. The van der Waals surface area contributed by atoms with Gasteiger partial charge in [0.05, 0.1) is 13.2 Å². The predicted molar refractivity (Wildman–Crippen MR) is 136 cm³/mol. The van der Waals surface area contributed by atoms with Crippen LogP contribution in [0, 0.1) is 0 Å². The Morgan fingerprint density at radius 3 is 2.33 bits per heavy atom. The van der Waals surface area contributed by atoms with Crippen molar-refractivity contribution in [3.63, 3.8) is 0 Å². The molecule has 8 nitrogen and oxygen atoms in total. The maximum Gasteiger partial charge on any atom is 0.310 e. The van der Waals surface area contributed by atoms with Crippen LogP contribution in [0.2, 0.25) is 0 Å². The van der Waals surface area contributed by atoms with E-state index in [0.29, 0.717) is 30.1 Å². The molecule has 0 aliphatic heterocycles. The number of nitrogens with zero attached hydrogens (tertiary/aromatic N) is 5. The third-order valence-corrected chi connectivity index (χ3v) is 6.82. The van der Waals surface area contributed by atoms with Gasteiger partial charge in [-0.05, 0) is 71.2 Å².